The normalized spacial score (nSPS) is 14.4. The molecule has 1 aromatic heterocycles. The smallest absolute Gasteiger partial charge is 0.251 e. The Morgan fingerprint density at radius 1 is 1.03 bits per heavy atom. The van der Waals surface area contributed by atoms with Crippen molar-refractivity contribution in [1.29, 1.82) is 0 Å². The predicted octanol–water partition coefficient (Wildman–Crippen LogP) is 7.36. The zero-order valence-electron chi connectivity index (χ0n) is 20.6. The van der Waals surface area contributed by atoms with Crippen LogP contribution in [0.3, 0.4) is 0 Å². The first-order valence-electron chi connectivity index (χ1n) is 12.3. The summed E-state index contributed by atoms with van der Waals surface area (Å²) in [6, 6.07) is 22.0. The number of nitrogens with one attached hydrogen (secondary N) is 2. The molecule has 1 fully saturated rings. The van der Waals surface area contributed by atoms with Gasteiger partial charge in [0.25, 0.3) is 5.91 Å². The van der Waals surface area contributed by atoms with Crippen LogP contribution in [0.5, 0.6) is 5.75 Å². The summed E-state index contributed by atoms with van der Waals surface area (Å²) in [5, 5.41) is 5.20. The van der Waals surface area contributed by atoms with Crippen LogP contribution in [0.1, 0.15) is 35.7 Å². The minimum absolute atomic E-state index is 0. The van der Waals surface area contributed by atoms with Gasteiger partial charge in [0.1, 0.15) is 5.75 Å². The predicted molar refractivity (Wildman–Crippen MR) is 154 cm³/mol. The molecule has 0 bridgehead atoms. The largest absolute Gasteiger partial charge is 0.493 e. The van der Waals surface area contributed by atoms with Gasteiger partial charge in [-0.3, -0.25) is 9.69 Å². The molecule has 5 nitrogen and oxygen atoms in total. The highest BCUT2D eigenvalue weighted by atomic mass is 35.5. The zero-order chi connectivity index (χ0) is 25.1. The van der Waals surface area contributed by atoms with E-state index in [1.54, 1.807) is 0 Å². The van der Waals surface area contributed by atoms with E-state index >= 15 is 0 Å². The Morgan fingerprint density at radius 3 is 2.49 bits per heavy atom. The van der Waals surface area contributed by atoms with Gasteiger partial charge in [0.15, 0.2) is 0 Å². The van der Waals surface area contributed by atoms with Gasteiger partial charge in [-0.05, 0) is 61.7 Å². The van der Waals surface area contributed by atoms with Crippen LogP contribution in [0.25, 0.3) is 22.2 Å². The number of aromatic amines is 1. The lowest BCUT2D eigenvalue weighted by atomic mass is 10.0. The van der Waals surface area contributed by atoms with Crippen molar-refractivity contribution in [1.82, 2.24) is 15.2 Å². The molecule has 0 atom stereocenters. The van der Waals surface area contributed by atoms with Crippen molar-refractivity contribution in [3.63, 3.8) is 0 Å². The van der Waals surface area contributed by atoms with E-state index in [-0.39, 0.29) is 24.4 Å². The number of fused-ring (bicyclic) bond motifs is 1. The van der Waals surface area contributed by atoms with E-state index in [9.17, 15) is 4.79 Å². The van der Waals surface area contributed by atoms with E-state index < -0.39 is 0 Å². The molecule has 5 rings (SSSR count). The molecule has 2 heterocycles. The lowest BCUT2D eigenvalue weighted by Crippen LogP contribution is -2.44. The minimum atomic E-state index is -0.0702. The molecule has 1 aliphatic heterocycles. The fourth-order valence-electron chi connectivity index (χ4n) is 4.78. The number of likely N-dealkylation sites (tertiary alicyclic amines) is 1. The number of nitrogens with zero attached hydrogens (tertiary/aromatic N) is 1. The quantitative estimate of drug-likeness (QED) is 0.249. The molecule has 3 aromatic carbocycles. The lowest BCUT2D eigenvalue weighted by molar-refractivity contribution is 0.0908. The molecule has 1 amide bonds. The van der Waals surface area contributed by atoms with Crippen LogP contribution in [0.2, 0.25) is 10.0 Å². The van der Waals surface area contributed by atoms with Crippen LogP contribution >= 0.6 is 35.6 Å². The third kappa shape index (κ3) is 6.42. The summed E-state index contributed by atoms with van der Waals surface area (Å²) in [6.45, 7) is 5.32. The molecule has 194 valence electrons. The van der Waals surface area contributed by atoms with Gasteiger partial charge in [-0.2, -0.15) is 0 Å². The van der Waals surface area contributed by atoms with Crippen LogP contribution in [-0.2, 0) is 6.54 Å². The number of benzene rings is 3. The summed E-state index contributed by atoms with van der Waals surface area (Å²) < 4.78 is 5.93. The van der Waals surface area contributed by atoms with E-state index in [2.05, 4.69) is 39.5 Å². The Hall–Kier alpha value is -2.70. The van der Waals surface area contributed by atoms with Gasteiger partial charge >= 0.3 is 0 Å². The Bertz CT molecular complexity index is 1330. The van der Waals surface area contributed by atoms with Crippen molar-refractivity contribution in [2.75, 3.05) is 19.7 Å². The molecule has 4 aromatic rings. The Morgan fingerprint density at radius 2 is 1.76 bits per heavy atom. The van der Waals surface area contributed by atoms with Gasteiger partial charge < -0.3 is 15.0 Å². The first-order chi connectivity index (χ1) is 17.5. The summed E-state index contributed by atoms with van der Waals surface area (Å²) in [6.07, 6.45) is 1.88. The molecule has 0 aliphatic carbocycles. The van der Waals surface area contributed by atoms with Crippen LogP contribution in [0, 0.1) is 0 Å². The number of ether oxygens (including phenoxy) is 1. The number of carbonyl (C=O) groups excluding carboxylic acids is 1. The van der Waals surface area contributed by atoms with Gasteiger partial charge in [-0.15, -0.1) is 12.4 Å². The van der Waals surface area contributed by atoms with E-state index in [4.69, 9.17) is 27.9 Å². The Labute approximate surface area is 233 Å². The maximum absolute atomic E-state index is 13.1. The molecule has 1 saturated heterocycles. The summed E-state index contributed by atoms with van der Waals surface area (Å²) in [7, 11) is 0. The van der Waals surface area contributed by atoms with Gasteiger partial charge in [-0.25, -0.2) is 0 Å². The van der Waals surface area contributed by atoms with Crippen LogP contribution < -0.4 is 10.1 Å². The summed E-state index contributed by atoms with van der Waals surface area (Å²) in [4.78, 5) is 18.9. The molecule has 8 heteroatoms. The van der Waals surface area contributed by atoms with Crippen molar-refractivity contribution in [3.8, 4) is 17.0 Å². The molecule has 0 unspecified atom stereocenters. The molecule has 0 spiro atoms. The highest BCUT2D eigenvalue weighted by Crippen LogP contribution is 2.35. The fourth-order valence-corrected chi connectivity index (χ4v) is 5.11. The third-order valence-electron chi connectivity index (χ3n) is 6.67. The van der Waals surface area contributed by atoms with Crippen molar-refractivity contribution in [3.05, 3.63) is 87.9 Å². The first-order valence-corrected chi connectivity index (χ1v) is 13.1. The van der Waals surface area contributed by atoms with E-state index in [1.807, 2.05) is 49.4 Å². The number of aromatic nitrogens is 1. The summed E-state index contributed by atoms with van der Waals surface area (Å²) >= 11 is 12.4. The Balaban J connectivity index is 0.00000320. The average Bonchev–Trinajstić information content (AvgIpc) is 3.28. The number of rotatable bonds is 7. The number of carbonyl (C=O) groups is 1. The summed E-state index contributed by atoms with van der Waals surface area (Å²) in [5.41, 5.74) is 4.57. The maximum Gasteiger partial charge on any atom is 0.251 e. The van der Waals surface area contributed by atoms with Crippen molar-refractivity contribution in [2.24, 2.45) is 0 Å². The topological polar surface area (TPSA) is 57.4 Å². The Kier molecular flexibility index (Phi) is 9.04. The second-order valence-corrected chi connectivity index (χ2v) is 10.0. The van der Waals surface area contributed by atoms with Crippen LogP contribution in [0.15, 0.2) is 66.7 Å². The molecular weight excluding hydrogens is 529 g/mol. The monoisotopic (exact) mass is 557 g/mol. The number of halogens is 3. The molecule has 0 radical (unpaired) electrons. The van der Waals surface area contributed by atoms with Gasteiger partial charge in [0, 0.05) is 47.7 Å². The van der Waals surface area contributed by atoms with E-state index in [1.165, 1.54) is 5.56 Å². The van der Waals surface area contributed by atoms with E-state index in [0.29, 0.717) is 28.0 Å². The number of amides is 1. The van der Waals surface area contributed by atoms with Gasteiger partial charge in [0.05, 0.1) is 22.3 Å². The molecule has 1 aliphatic rings. The highest BCUT2D eigenvalue weighted by molar-refractivity contribution is 6.42. The maximum atomic E-state index is 13.1. The first kappa shape index (κ1) is 27.3. The minimum Gasteiger partial charge on any atom is -0.493 e. The summed E-state index contributed by atoms with van der Waals surface area (Å²) in [5.74, 6) is 0.589. The molecule has 0 saturated carbocycles. The molecular formula is C29H30Cl3N3O2. The van der Waals surface area contributed by atoms with Crippen molar-refractivity contribution < 1.29 is 9.53 Å². The number of hydrogen-bond acceptors (Lipinski definition) is 3. The highest BCUT2D eigenvalue weighted by Gasteiger charge is 2.22. The second kappa shape index (κ2) is 12.2. The van der Waals surface area contributed by atoms with Crippen LogP contribution in [-0.4, -0.2) is 41.5 Å². The number of piperidine rings is 1. The SMILES string of the molecule is CCOc1cc(C(=O)NC2CCN(Cc3ccccc3)CC2)ccc1-c1cc2cc(Cl)c(Cl)cc2[nH]1.Cl. The van der Waals surface area contributed by atoms with Crippen molar-refractivity contribution >= 4 is 52.4 Å². The lowest BCUT2D eigenvalue weighted by Gasteiger charge is -2.32. The fraction of sp³-hybridized carbons (Fsp3) is 0.276. The third-order valence-corrected chi connectivity index (χ3v) is 7.39. The standard InChI is InChI=1S/C29H29Cl2N3O2.ClH/c1-2-36-28-16-20(8-9-23(28)27-15-21-14-24(30)25(31)17-26(21)33-27)29(35)32-22-10-12-34(13-11-22)18-19-6-4-3-5-7-19;/h3-9,14-17,22,33H,2,10-13,18H2,1H3,(H,32,35);1H. The van der Waals surface area contributed by atoms with Gasteiger partial charge in [-0.1, -0.05) is 53.5 Å². The van der Waals surface area contributed by atoms with Gasteiger partial charge in [0.2, 0.25) is 0 Å². The second-order valence-electron chi connectivity index (χ2n) is 9.19. The van der Waals surface area contributed by atoms with Crippen molar-refractivity contribution in [2.45, 2.75) is 32.4 Å². The van der Waals surface area contributed by atoms with Crippen LogP contribution in [0.4, 0.5) is 0 Å². The molecule has 2 N–H and O–H groups in total. The average molecular weight is 559 g/mol. The van der Waals surface area contributed by atoms with E-state index in [0.717, 1.165) is 54.6 Å². The molecule has 37 heavy (non-hydrogen) atoms. The number of H-pyrrole nitrogens is 1. The number of hydrogen-bond donors (Lipinski definition) is 2. The zero-order valence-corrected chi connectivity index (χ0v) is 22.9.